The highest BCUT2D eigenvalue weighted by atomic mass is 31.2. The summed E-state index contributed by atoms with van der Waals surface area (Å²) >= 11 is 0. The Morgan fingerprint density at radius 2 is 1.85 bits per heavy atom. The monoisotopic (exact) mass is 789 g/mol. The van der Waals surface area contributed by atoms with Crippen LogP contribution in [-0.2, 0) is 46.5 Å². The van der Waals surface area contributed by atoms with Gasteiger partial charge >= 0.3 is 27.3 Å². The van der Waals surface area contributed by atoms with Crippen LogP contribution in [0.5, 0.6) is 0 Å². The number of hydrogen-bond acceptors (Lipinski definition) is 18. The highest BCUT2D eigenvalue weighted by molar-refractivity contribution is 7.47. The second-order valence-electron chi connectivity index (χ2n) is 11.8. The van der Waals surface area contributed by atoms with Crippen LogP contribution in [0.3, 0.4) is 0 Å². The predicted molar refractivity (Wildman–Crippen MR) is 177 cm³/mol. The quantitative estimate of drug-likeness (QED) is 0.0560. The largest absolute Gasteiger partial charge is 0.472 e. The lowest BCUT2D eigenvalue weighted by atomic mass is 10.1. The number of carbonyl (C=O) groups is 2. The Morgan fingerprint density at radius 3 is 2.55 bits per heavy atom. The number of allylic oxidation sites excluding steroid dienone is 1. The fourth-order valence-electron chi connectivity index (χ4n) is 5.49. The van der Waals surface area contributed by atoms with Gasteiger partial charge in [0.25, 0.3) is 0 Å². The lowest BCUT2D eigenvalue weighted by Gasteiger charge is -2.24. The van der Waals surface area contributed by atoms with Crippen LogP contribution in [0.4, 0.5) is 11.6 Å². The number of aliphatic hydroxyl groups excluding tert-OH is 1. The summed E-state index contributed by atoms with van der Waals surface area (Å²) in [5.41, 5.74) is 10.9. The molecule has 0 radical (unpaired) electrons. The van der Waals surface area contributed by atoms with E-state index in [2.05, 4.69) is 31.0 Å². The van der Waals surface area contributed by atoms with Gasteiger partial charge in [0.05, 0.1) is 19.5 Å². The average Bonchev–Trinajstić information content (AvgIpc) is 3.77. The molecule has 53 heavy (non-hydrogen) atoms. The van der Waals surface area contributed by atoms with E-state index in [9.17, 15) is 43.3 Å². The molecule has 5 heterocycles. The van der Waals surface area contributed by atoms with Gasteiger partial charge in [-0.1, -0.05) is 6.08 Å². The van der Waals surface area contributed by atoms with Crippen molar-refractivity contribution >= 4 is 50.3 Å². The first-order chi connectivity index (χ1) is 25.0. The molecule has 8 N–H and O–H groups in total. The molecule has 290 valence electrons. The van der Waals surface area contributed by atoms with Crippen LogP contribution in [0.1, 0.15) is 31.7 Å². The van der Waals surface area contributed by atoms with E-state index < -0.39 is 90.0 Å². The van der Waals surface area contributed by atoms with Crippen molar-refractivity contribution < 1.29 is 66.3 Å². The Bertz CT molecular complexity index is 1970. The van der Waals surface area contributed by atoms with Gasteiger partial charge < -0.3 is 50.4 Å². The SMILES string of the molecule is C=CCCC(=O)N(C)CC(=O)O[C@H]1[C@@H](O)[C@H](n2cnc3c(N)ncnc32)O[C@H]1COP(=O)(O)O[C@H]1C[C@H](n2ccc(N)nc2=O)O[C@H]1COP(=O)(O)O. The number of imidazole rings is 1. The number of phosphoric ester groups is 2. The number of rotatable bonds is 16. The van der Waals surface area contributed by atoms with Gasteiger partial charge in [-0.05, 0) is 12.5 Å². The number of nitrogens with two attached hydrogens (primary N) is 2. The van der Waals surface area contributed by atoms with Gasteiger partial charge in [-0.25, -0.2) is 28.9 Å². The first-order valence-corrected chi connectivity index (χ1v) is 18.7. The van der Waals surface area contributed by atoms with Crippen molar-refractivity contribution in [1.29, 1.82) is 0 Å². The first kappa shape index (κ1) is 40.0. The minimum absolute atomic E-state index is 0.0202. The maximum Gasteiger partial charge on any atom is 0.472 e. The Balaban J connectivity index is 1.33. The van der Waals surface area contributed by atoms with Crippen molar-refractivity contribution in [3.8, 4) is 0 Å². The Hall–Kier alpha value is -4.19. The average molecular weight is 790 g/mol. The highest BCUT2D eigenvalue weighted by Crippen LogP contribution is 2.50. The van der Waals surface area contributed by atoms with E-state index in [1.165, 1.54) is 36.3 Å². The van der Waals surface area contributed by atoms with Gasteiger partial charge in [0.15, 0.2) is 23.8 Å². The zero-order chi connectivity index (χ0) is 38.7. The van der Waals surface area contributed by atoms with Crippen molar-refractivity contribution in [2.75, 3.05) is 38.3 Å². The number of nitrogen functional groups attached to an aromatic ring is 2. The number of esters is 1. The second kappa shape index (κ2) is 16.4. The van der Waals surface area contributed by atoms with Gasteiger partial charge in [-0.3, -0.25) is 32.3 Å². The number of aromatic nitrogens is 6. The van der Waals surface area contributed by atoms with Crippen LogP contribution in [0.25, 0.3) is 11.2 Å². The molecular formula is C27H37N9O15P2. The van der Waals surface area contributed by atoms with Crippen molar-refractivity contribution in [3.05, 3.63) is 48.1 Å². The van der Waals surface area contributed by atoms with Gasteiger partial charge in [0, 0.05) is 26.1 Å². The number of amides is 1. The molecule has 26 heteroatoms. The fraction of sp³-hybridized carbons (Fsp3) is 0.519. The van der Waals surface area contributed by atoms with Crippen LogP contribution in [0.15, 0.2) is 42.4 Å². The molecule has 5 rings (SSSR count). The van der Waals surface area contributed by atoms with Crippen LogP contribution < -0.4 is 17.2 Å². The Morgan fingerprint density at radius 1 is 1.11 bits per heavy atom. The normalized spacial score (nSPS) is 25.6. The van der Waals surface area contributed by atoms with Crippen molar-refractivity contribution in [3.63, 3.8) is 0 Å². The van der Waals surface area contributed by atoms with Gasteiger partial charge in [-0.2, -0.15) is 4.98 Å². The topological polar surface area (TPSA) is 338 Å². The van der Waals surface area contributed by atoms with Crippen LogP contribution >= 0.6 is 15.6 Å². The van der Waals surface area contributed by atoms with Gasteiger partial charge in [0.1, 0.15) is 54.9 Å². The summed E-state index contributed by atoms with van der Waals surface area (Å²) in [5.74, 6) is -1.42. The fourth-order valence-corrected chi connectivity index (χ4v) is 6.79. The molecule has 2 saturated heterocycles. The summed E-state index contributed by atoms with van der Waals surface area (Å²) < 4.78 is 59.1. The minimum Gasteiger partial charge on any atom is -0.455 e. The van der Waals surface area contributed by atoms with Crippen molar-refractivity contribution in [1.82, 2.24) is 34.0 Å². The summed E-state index contributed by atoms with van der Waals surface area (Å²) in [6.07, 6.45) is -4.85. The first-order valence-electron chi connectivity index (χ1n) is 15.6. The number of fused-ring (bicyclic) bond motifs is 1. The molecule has 0 spiro atoms. The molecule has 2 fully saturated rings. The molecule has 3 aromatic rings. The lowest BCUT2D eigenvalue weighted by molar-refractivity contribution is -0.159. The Labute approximate surface area is 299 Å². The molecular weight excluding hydrogens is 752 g/mol. The lowest BCUT2D eigenvalue weighted by Crippen LogP contribution is -2.41. The number of ether oxygens (including phenoxy) is 3. The van der Waals surface area contributed by atoms with E-state index in [0.717, 1.165) is 15.8 Å². The maximum absolute atomic E-state index is 13.3. The molecule has 1 amide bonds. The van der Waals surface area contributed by atoms with Crippen molar-refractivity contribution in [2.45, 2.75) is 62.2 Å². The predicted octanol–water partition coefficient (Wildman–Crippen LogP) is -1.26. The number of likely N-dealkylation sites (N-methyl/N-ethyl adjacent to an activating group) is 1. The molecule has 2 aliphatic rings. The van der Waals surface area contributed by atoms with Gasteiger partial charge in [-0.15, -0.1) is 6.58 Å². The van der Waals surface area contributed by atoms with E-state index in [1.54, 1.807) is 0 Å². The third-order valence-corrected chi connectivity index (χ3v) is 9.51. The second-order valence-corrected chi connectivity index (χ2v) is 14.4. The van der Waals surface area contributed by atoms with E-state index in [4.69, 9.17) is 34.7 Å². The number of phosphoric acid groups is 2. The number of nitrogens with zero attached hydrogens (tertiary/aromatic N) is 7. The van der Waals surface area contributed by atoms with Gasteiger partial charge in [0.2, 0.25) is 5.91 Å². The summed E-state index contributed by atoms with van der Waals surface area (Å²) in [7, 11) is -8.83. The summed E-state index contributed by atoms with van der Waals surface area (Å²) in [5, 5.41) is 11.4. The van der Waals surface area contributed by atoms with Crippen molar-refractivity contribution in [2.24, 2.45) is 0 Å². The molecule has 0 aliphatic carbocycles. The smallest absolute Gasteiger partial charge is 0.455 e. The highest BCUT2D eigenvalue weighted by Gasteiger charge is 2.50. The molecule has 1 unspecified atom stereocenters. The molecule has 3 aromatic heterocycles. The number of carbonyl (C=O) groups excluding carboxylic acids is 2. The van der Waals surface area contributed by atoms with E-state index in [0.29, 0.717) is 6.42 Å². The maximum atomic E-state index is 13.3. The zero-order valence-electron chi connectivity index (χ0n) is 27.8. The molecule has 24 nitrogen and oxygen atoms in total. The molecule has 0 aromatic carbocycles. The number of anilines is 2. The summed E-state index contributed by atoms with van der Waals surface area (Å²) in [6.45, 7) is 1.35. The Kier molecular flexibility index (Phi) is 12.4. The van der Waals surface area contributed by atoms with E-state index >= 15 is 0 Å². The minimum atomic E-state index is -5.16. The summed E-state index contributed by atoms with van der Waals surface area (Å²) in [6, 6.07) is 1.28. The molecule has 8 atom stereocenters. The van der Waals surface area contributed by atoms with E-state index in [-0.39, 0.29) is 41.5 Å². The summed E-state index contributed by atoms with van der Waals surface area (Å²) in [4.78, 5) is 83.7. The number of aliphatic hydroxyl groups is 1. The third kappa shape index (κ3) is 9.87. The van der Waals surface area contributed by atoms with E-state index in [1.807, 2.05) is 0 Å². The zero-order valence-corrected chi connectivity index (χ0v) is 29.6. The van der Waals surface area contributed by atoms with Crippen LogP contribution in [-0.4, -0.2) is 123 Å². The van der Waals surface area contributed by atoms with Crippen LogP contribution in [0, 0.1) is 0 Å². The van der Waals surface area contributed by atoms with Crippen LogP contribution in [0.2, 0.25) is 0 Å². The molecule has 2 aliphatic heterocycles. The molecule has 0 bridgehead atoms. The third-order valence-electron chi connectivity index (χ3n) is 8.01. The number of hydrogen-bond donors (Lipinski definition) is 6. The molecule has 0 saturated carbocycles. The standard InChI is InChI=1S/C27H37N9O15P2/c1-3-4-5-18(37)34(2)9-20(38)50-23-16(49-26(22(23)39)36-13-32-21-24(29)30-12-31-25(21)36)11-47-53(44,45)51-14-8-19(35-7-6-17(28)33-27(35)40)48-15(14)10-46-52(41,42)43/h3,6-7,12-16,19,22-23,26,39H,1,4-5,8-11H2,2H3,(H,44,45)(H2,28,33,40)(H2,29,30,31)(H2,41,42,43)/t14-,15-,16-,19+,22+,23+,26+/m0/s1.